The molecule has 0 N–H and O–H groups in total. The van der Waals surface area contributed by atoms with Crippen LogP contribution in [0.1, 0.15) is 299 Å². The van der Waals surface area contributed by atoms with Gasteiger partial charge in [-0.15, -0.1) is 0 Å². The Hall–Kier alpha value is -7.13. The Bertz CT molecular complexity index is 3200. The lowest BCUT2D eigenvalue weighted by molar-refractivity contribution is -0.179. The average Bonchev–Trinajstić information content (AvgIpc) is 1.53. The van der Waals surface area contributed by atoms with Gasteiger partial charge in [-0.3, -0.25) is 43.2 Å². The minimum absolute atomic E-state index is 0.00984. The first-order valence-electron chi connectivity index (χ1n) is 44.6. The number of carbonyl (C=O) groups is 13. The summed E-state index contributed by atoms with van der Waals surface area (Å²) in [6.07, 6.45) is 25.1. The minimum Gasteiger partial charge on any atom is -0.469 e. The Morgan fingerprint density at radius 2 is 0.694 bits per heavy atom. The first-order chi connectivity index (χ1) is 58.2. The van der Waals surface area contributed by atoms with Gasteiger partial charge in [0.25, 0.3) is 0 Å². The number of hydrogen-bond donors (Lipinski definition) is 0. The van der Waals surface area contributed by atoms with Crippen molar-refractivity contribution >= 4 is 77.6 Å². The van der Waals surface area contributed by atoms with Crippen molar-refractivity contribution in [2.75, 3.05) is 95.6 Å². The average molecular weight is 1770 g/mol. The quantitative estimate of drug-likeness (QED) is 0.0183. The highest BCUT2D eigenvalue weighted by Crippen LogP contribution is 2.67. The zero-order chi connectivity index (χ0) is 94.0. The first kappa shape index (κ1) is 113. The second kappa shape index (κ2) is 55.6. The molecule has 0 amide bonds. The summed E-state index contributed by atoms with van der Waals surface area (Å²) < 4.78 is 93.3. The van der Waals surface area contributed by atoms with E-state index in [1.54, 1.807) is 93.9 Å². The second-order valence-electron chi connectivity index (χ2n) is 37.3. The molecule has 716 valence electrons. The lowest BCUT2D eigenvalue weighted by Crippen LogP contribution is -2.46. The molecule has 6 bridgehead atoms. The monoisotopic (exact) mass is 1770 g/mol. The molecule has 32 nitrogen and oxygen atoms in total. The van der Waals surface area contributed by atoms with E-state index in [0.717, 1.165) is 44.9 Å². The standard InChI is InChI=1S/C22H32O7.C15H26O5.C12H22O5.C12H18.2C10H18O5.C7H14O2.C4H8O3/c1-4-21(2,3)18(23)28-16-13-10-15-17(16)29-20(25)22(15,11-13)19(24)27-12-26-14-8-6-5-7-9-14;1-4-15(2,3)14(17)18-10-13(16)20-11-19-12-8-6-5-7-9-12;1-6-12(4,5)11(14)15-7-10(13)17-8-16-9(2)3;1-2-8-5-7(1)11-9-3-4-10(6-9)12(8)11;2*1-5-10(2,3)9(12)14-6-8(11)15-7-13-4;1-5-7(2,3)6(8)9-4;1-4(5)7-3-6-2/h13-17H,4-12H2,1-3H3;12H,4-11H2,1-3H3;9H,6-8H2,1-5H3;7-12H,1-6H2;2*5-7H2,1-4H3;5H2,1-4H3;3H2,1-2H3. The van der Waals surface area contributed by atoms with E-state index in [1.165, 1.54) is 96.6 Å². The van der Waals surface area contributed by atoms with Crippen molar-refractivity contribution in [3.05, 3.63) is 0 Å². The maximum Gasteiger partial charge on any atom is 0.346 e. The smallest absolute Gasteiger partial charge is 0.346 e. The van der Waals surface area contributed by atoms with Gasteiger partial charge in [0.15, 0.2) is 72.6 Å². The van der Waals surface area contributed by atoms with Gasteiger partial charge < -0.3 is 90.0 Å². The van der Waals surface area contributed by atoms with Gasteiger partial charge in [0.1, 0.15) is 12.2 Å². The predicted octanol–water partition coefficient (Wildman–Crippen LogP) is 14.9. The fourth-order valence-corrected chi connectivity index (χ4v) is 15.4. The van der Waals surface area contributed by atoms with Crippen molar-refractivity contribution in [2.24, 2.45) is 85.2 Å². The van der Waals surface area contributed by atoms with Crippen LogP contribution >= 0.6 is 0 Å². The summed E-state index contributed by atoms with van der Waals surface area (Å²) in [4.78, 5) is 149. The molecule has 8 aliphatic carbocycles. The summed E-state index contributed by atoms with van der Waals surface area (Å²) >= 11 is 0. The molecule has 9 fully saturated rings. The molecule has 0 radical (unpaired) electrons. The number of hydrogen-bond acceptors (Lipinski definition) is 32. The molecule has 0 aromatic rings. The van der Waals surface area contributed by atoms with Gasteiger partial charge in [0.2, 0.25) is 0 Å². The van der Waals surface area contributed by atoms with Crippen molar-refractivity contribution in [1.82, 2.24) is 0 Å². The first-order valence-corrected chi connectivity index (χ1v) is 44.6. The molecule has 9 atom stereocenters. The van der Waals surface area contributed by atoms with Crippen molar-refractivity contribution in [2.45, 2.75) is 330 Å². The Kier molecular flexibility index (Phi) is 50.6. The molecule has 9 aliphatic rings. The lowest BCUT2D eigenvalue weighted by atomic mass is 9.71. The van der Waals surface area contributed by atoms with E-state index in [4.69, 9.17) is 56.8 Å². The molecule has 9 unspecified atom stereocenters. The van der Waals surface area contributed by atoms with Crippen LogP contribution < -0.4 is 0 Å². The normalized spacial score (nSPS) is 23.0. The summed E-state index contributed by atoms with van der Waals surface area (Å²) in [6.45, 7) is 36.1. The van der Waals surface area contributed by atoms with E-state index < -0.39 is 98.4 Å². The third-order valence-electron chi connectivity index (χ3n) is 25.7. The summed E-state index contributed by atoms with van der Waals surface area (Å²) in [5.74, 6) is 1.14. The van der Waals surface area contributed by atoms with Crippen LogP contribution in [0.25, 0.3) is 0 Å². The maximum absolute atomic E-state index is 12.9. The molecule has 0 aromatic heterocycles. The van der Waals surface area contributed by atoms with Crippen LogP contribution in [-0.4, -0.2) is 204 Å². The predicted molar refractivity (Wildman–Crippen MR) is 452 cm³/mol. The Labute approximate surface area is 737 Å². The summed E-state index contributed by atoms with van der Waals surface area (Å²) in [5, 5.41) is 0. The van der Waals surface area contributed by atoms with Crippen molar-refractivity contribution in [3.8, 4) is 0 Å². The number of methoxy groups -OCH3 is 4. The second-order valence-corrected chi connectivity index (χ2v) is 37.3. The molecule has 124 heavy (non-hydrogen) atoms. The zero-order valence-corrected chi connectivity index (χ0v) is 79.6. The minimum atomic E-state index is -1.26. The van der Waals surface area contributed by atoms with Crippen LogP contribution in [0.4, 0.5) is 0 Å². The van der Waals surface area contributed by atoms with Gasteiger partial charge in [-0.25, -0.2) is 19.2 Å². The topological polar surface area (TPSA) is 397 Å². The van der Waals surface area contributed by atoms with Gasteiger partial charge >= 0.3 is 77.6 Å². The fraction of sp³-hybridized carbons (Fsp3) is 0.859. The molecule has 9 rings (SSSR count). The van der Waals surface area contributed by atoms with Gasteiger partial charge in [-0.05, 0) is 248 Å². The van der Waals surface area contributed by atoms with Crippen LogP contribution in [0, 0.1) is 85.2 Å². The van der Waals surface area contributed by atoms with Crippen molar-refractivity contribution in [3.63, 3.8) is 0 Å². The van der Waals surface area contributed by atoms with E-state index >= 15 is 0 Å². The Morgan fingerprint density at radius 1 is 0.379 bits per heavy atom. The van der Waals surface area contributed by atoms with E-state index in [2.05, 4.69) is 33.2 Å². The van der Waals surface area contributed by atoms with Crippen molar-refractivity contribution in [1.29, 1.82) is 0 Å². The number of carbonyl (C=O) groups excluding carboxylic acids is 13. The summed E-state index contributed by atoms with van der Waals surface area (Å²) in [5.41, 5.74) is -4.43. The van der Waals surface area contributed by atoms with Crippen LogP contribution in [0.3, 0.4) is 0 Å². The Balaban J connectivity index is 0.000000496. The molecular weight excluding hydrogens is 1620 g/mol. The largest absolute Gasteiger partial charge is 0.469 e. The molecule has 32 heteroatoms. The molecule has 1 heterocycles. The third kappa shape index (κ3) is 37.3. The number of rotatable bonds is 37. The summed E-state index contributed by atoms with van der Waals surface area (Å²) in [7, 11) is 5.68. The number of esters is 13. The van der Waals surface area contributed by atoms with Gasteiger partial charge in [-0.1, -0.05) is 80.1 Å². The highest BCUT2D eigenvalue weighted by molar-refractivity contribution is 6.03. The third-order valence-corrected chi connectivity index (χ3v) is 25.7. The van der Waals surface area contributed by atoms with Crippen LogP contribution in [0.5, 0.6) is 0 Å². The maximum atomic E-state index is 12.9. The molecule has 1 saturated heterocycles. The van der Waals surface area contributed by atoms with Gasteiger partial charge in [-0.2, -0.15) is 0 Å². The van der Waals surface area contributed by atoms with Gasteiger partial charge in [0.05, 0.1) is 57.9 Å². The fourth-order valence-electron chi connectivity index (χ4n) is 15.4. The molecule has 8 saturated carbocycles. The summed E-state index contributed by atoms with van der Waals surface area (Å²) in [6, 6.07) is 0. The highest BCUT2D eigenvalue weighted by Gasteiger charge is 2.75. The van der Waals surface area contributed by atoms with Crippen LogP contribution in [0.2, 0.25) is 0 Å². The number of ether oxygens (including phenoxy) is 19. The van der Waals surface area contributed by atoms with E-state index in [9.17, 15) is 62.3 Å². The van der Waals surface area contributed by atoms with Crippen molar-refractivity contribution < 1.29 is 152 Å². The molecule has 0 spiro atoms. The SMILES string of the molecule is C1CC2CC1C1C3CCC(C3)C21.CCC(C)(C)C(=O)OC.CCC(C)(C)C(=O)OC1C2CC3C1OC(=O)C3(C(=O)OCOC1CCCCC1)C2.CCC(C)(C)C(=O)OCC(=O)OCOC.CCC(C)(C)C(=O)OCC(=O)OCOC.CCC(C)(C)C(=O)OCC(=O)OCOC(C)C.CCC(C)(C)C(=O)OCC(=O)OCOC1CCCCC1.COCOC(C)=O. The lowest BCUT2D eigenvalue weighted by Gasteiger charge is -2.34. The van der Waals surface area contributed by atoms with Gasteiger partial charge in [0, 0.05) is 40.1 Å². The highest BCUT2D eigenvalue weighted by atomic mass is 16.7. The zero-order valence-electron chi connectivity index (χ0n) is 79.6. The Morgan fingerprint density at radius 3 is 1.00 bits per heavy atom. The molecule has 0 aromatic carbocycles. The number of fused-ring (bicyclic) bond motifs is 10. The van der Waals surface area contributed by atoms with E-state index in [-0.39, 0.29) is 127 Å². The molecular formula is C92H156O32. The van der Waals surface area contributed by atoms with E-state index in [0.29, 0.717) is 44.9 Å². The molecule has 1 aliphatic heterocycles. The van der Waals surface area contributed by atoms with Crippen LogP contribution in [0.15, 0.2) is 0 Å². The van der Waals surface area contributed by atoms with Crippen LogP contribution in [-0.2, 0) is 152 Å². The van der Waals surface area contributed by atoms with E-state index in [1.807, 2.05) is 83.1 Å².